The molecule has 0 aromatic rings. The third-order valence-corrected chi connectivity index (χ3v) is 3.60. The summed E-state index contributed by atoms with van der Waals surface area (Å²) in [5, 5.41) is 8.71. The molecule has 1 aliphatic rings. The van der Waals surface area contributed by atoms with Crippen LogP contribution in [-0.2, 0) is 4.79 Å². The van der Waals surface area contributed by atoms with Gasteiger partial charge in [0.2, 0.25) is 0 Å². The number of nitrogens with zero attached hydrogens (tertiary/aromatic N) is 2. The van der Waals surface area contributed by atoms with E-state index in [-0.39, 0.29) is 12.5 Å². The van der Waals surface area contributed by atoms with Gasteiger partial charge in [0.05, 0.1) is 6.42 Å². The van der Waals surface area contributed by atoms with E-state index >= 15 is 0 Å². The highest BCUT2D eigenvalue weighted by atomic mass is 16.4. The third kappa shape index (κ3) is 4.49. The lowest BCUT2D eigenvalue weighted by Crippen LogP contribution is -2.33. The molecule has 1 heterocycles. The molecule has 16 heavy (non-hydrogen) atoms. The minimum Gasteiger partial charge on any atom is -0.481 e. The zero-order valence-corrected chi connectivity index (χ0v) is 10.6. The number of carboxylic acids is 1. The monoisotopic (exact) mass is 228 g/mol. The van der Waals surface area contributed by atoms with Gasteiger partial charge in [0, 0.05) is 12.6 Å². The van der Waals surface area contributed by atoms with Gasteiger partial charge in [-0.05, 0) is 52.9 Å². The molecule has 4 heteroatoms. The highest BCUT2D eigenvalue weighted by molar-refractivity contribution is 5.67. The molecule has 4 nitrogen and oxygen atoms in total. The molecule has 1 rings (SSSR count). The van der Waals surface area contributed by atoms with Crippen LogP contribution in [-0.4, -0.2) is 60.6 Å². The van der Waals surface area contributed by atoms with E-state index in [0.717, 1.165) is 12.5 Å². The fourth-order valence-corrected chi connectivity index (χ4v) is 2.28. The van der Waals surface area contributed by atoms with Crippen LogP contribution in [0, 0.1) is 5.92 Å². The van der Waals surface area contributed by atoms with Crippen LogP contribution in [0.5, 0.6) is 0 Å². The predicted octanol–water partition coefficient (Wildman–Crippen LogP) is 1.12. The zero-order chi connectivity index (χ0) is 12.1. The fourth-order valence-electron chi connectivity index (χ4n) is 2.28. The van der Waals surface area contributed by atoms with Crippen molar-refractivity contribution < 1.29 is 9.90 Å². The first-order valence-corrected chi connectivity index (χ1v) is 6.09. The second-order valence-electron chi connectivity index (χ2n) is 5.13. The molecule has 0 bridgehead atoms. The van der Waals surface area contributed by atoms with Crippen LogP contribution in [0.1, 0.15) is 26.2 Å². The number of carboxylic acid groups (broad SMARTS) is 1. The first-order valence-electron chi connectivity index (χ1n) is 6.09. The van der Waals surface area contributed by atoms with Gasteiger partial charge >= 0.3 is 5.97 Å². The van der Waals surface area contributed by atoms with Crippen LogP contribution in [0.3, 0.4) is 0 Å². The summed E-state index contributed by atoms with van der Waals surface area (Å²) in [6.07, 6.45) is 2.71. The fraction of sp³-hybridized carbons (Fsp3) is 0.917. The molecule has 1 aliphatic heterocycles. The number of rotatable bonds is 6. The normalized spacial score (nSPS) is 23.9. The van der Waals surface area contributed by atoms with Crippen LogP contribution in [0.15, 0.2) is 0 Å². The van der Waals surface area contributed by atoms with Gasteiger partial charge in [0.1, 0.15) is 0 Å². The maximum Gasteiger partial charge on any atom is 0.304 e. The van der Waals surface area contributed by atoms with Crippen LogP contribution in [0.4, 0.5) is 0 Å². The second kappa shape index (κ2) is 6.21. The van der Waals surface area contributed by atoms with E-state index < -0.39 is 5.97 Å². The SMILES string of the molecule is CC(CC(=O)O)N(C)CCC1CCN(C)C1. The van der Waals surface area contributed by atoms with Gasteiger partial charge in [-0.25, -0.2) is 0 Å². The Morgan fingerprint density at radius 2 is 2.31 bits per heavy atom. The maximum atomic E-state index is 10.6. The van der Waals surface area contributed by atoms with E-state index in [1.54, 1.807) is 0 Å². The van der Waals surface area contributed by atoms with Gasteiger partial charge in [0.15, 0.2) is 0 Å². The lowest BCUT2D eigenvalue weighted by Gasteiger charge is -2.24. The number of aliphatic carboxylic acids is 1. The molecule has 0 aromatic heterocycles. The van der Waals surface area contributed by atoms with Gasteiger partial charge in [-0.15, -0.1) is 0 Å². The Balaban J connectivity index is 2.18. The molecule has 2 unspecified atom stereocenters. The highest BCUT2D eigenvalue weighted by Gasteiger charge is 2.20. The van der Waals surface area contributed by atoms with Crippen LogP contribution in [0.25, 0.3) is 0 Å². The molecule has 94 valence electrons. The van der Waals surface area contributed by atoms with E-state index in [1.807, 2.05) is 14.0 Å². The van der Waals surface area contributed by atoms with Gasteiger partial charge in [-0.2, -0.15) is 0 Å². The Morgan fingerprint density at radius 1 is 1.62 bits per heavy atom. The number of carbonyl (C=O) groups is 1. The van der Waals surface area contributed by atoms with E-state index in [4.69, 9.17) is 5.11 Å². The summed E-state index contributed by atoms with van der Waals surface area (Å²) in [5.41, 5.74) is 0. The molecule has 0 aromatic carbocycles. The Morgan fingerprint density at radius 3 is 2.81 bits per heavy atom. The minimum atomic E-state index is -0.708. The number of hydrogen-bond donors (Lipinski definition) is 1. The Hall–Kier alpha value is -0.610. The van der Waals surface area contributed by atoms with Crippen molar-refractivity contribution in [2.45, 2.75) is 32.2 Å². The van der Waals surface area contributed by atoms with Crippen molar-refractivity contribution >= 4 is 5.97 Å². The quantitative estimate of drug-likeness (QED) is 0.740. The highest BCUT2D eigenvalue weighted by Crippen LogP contribution is 2.18. The van der Waals surface area contributed by atoms with Crippen molar-refractivity contribution in [3.05, 3.63) is 0 Å². The summed E-state index contributed by atoms with van der Waals surface area (Å²) < 4.78 is 0. The number of hydrogen-bond acceptors (Lipinski definition) is 3. The summed E-state index contributed by atoms with van der Waals surface area (Å²) >= 11 is 0. The summed E-state index contributed by atoms with van der Waals surface area (Å²) in [4.78, 5) is 15.1. The Kier molecular flexibility index (Phi) is 5.22. The van der Waals surface area contributed by atoms with Gasteiger partial charge in [-0.3, -0.25) is 4.79 Å². The van der Waals surface area contributed by atoms with Crippen LogP contribution >= 0.6 is 0 Å². The number of likely N-dealkylation sites (tertiary alicyclic amines) is 1. The molecule has 0 spiro atoms. The molecule has 0 amide bonds. The molecule has 0 radical (unpaired) electrons. The van der Waals surface area contributed by atoms with Gasteiger partial charge < -0.3 is 14.9 Å². The summed E-state index contributed by atoms with van der Waals surface area (Å²) in [7, 11) is 4.18. The maximum absolute atomic E-state index is 10.6. The van der Waals surface area contributed by atoms with Crippen molar-refractivity contribution in [3.63, 3.8) is 0 Å². The first-order chi connectivity index (χ1) is 7.49. The molecule has 2 atom stereocenters. The standard InChI is InChI=1S/C12H24N2O2/c1-10(8-12(15)16)14(3)7-5-11-4-6-13(2)9-11/h10-11H,4-9H2,1-3H3,(H,15,16). The molecule has 0 aliphatic carbocycles. The van der Waals surface area contributed by atoms with Crippen molar-refractivity contribution in [1.82, 2.24) is 9.80 Å². The Labute approximate surface area is 98.2 Å². The average Bonchev–Trinajstić information content (AvgIpc) is 2.59. The summed E-state index contributed by atoms with van der Waals surface area (Å²) in [6, 6.07) is 0.136. The summed E-state index contributed by atoms with van der Waals surface area (Å²) in [5.74, 6) is 0.0874. The van der Waals surface area contributed by atoms with Crippen LogP contribution in [0.2, 0.25) is 0 Å². The lowest BCUT2D eigenvalue weighted by molar-refractivity contribution is -0.138. The smallest absolute Gasteiger partial charge is 0.304 e. The summed E-state index contributed by atoms with van der Waals surface area (Å²) in [6.45, 7) is 5.39. The largest absolute Gasteiger partial charge is 0.481 e. The topological polar surface area (TPSA) is 43.8 Å². The Bertz CT molecular complexity index is 233. The van der Waals surface area contributed by atoms with Gasteiger partial charge in [-0.1, -0.05) is 0 Å². The average molecular weight is 228 g/mol. The molecule has 1 fully saturated rings. The van der Waals surface area contributed by atoms with E-state index in [9.17, 15) is 4.79 Å². The minimum absolute atomic E-state index is 0.136. The van der Waals surface area contributed by atoms with Crippen molar-refractivity contribution in [2.24, 2.45) is 5.92 Å². The third-order valence-electron chi connectivity index (χ3n) is 3.60. The van der Waals surface area contributed by atoms with Crippen molar-refractivity contribution in [3.8, 4) is 0 Å². The van der Waals surface area contributed by atoms with Gasteiger partial charge in [0.25, 0.3) is 0 Å². The first kappa shape index (κ1) is 13.5. The molecular weight excluding hydrogens is 204 g/mol. The molecule has 0 saturated carbocycles. The molecule has 1 saturated heterocycles. The van der Waals surface area contributed by atoms with E-state index in [2.05, 4.69) is 16.8 Å². The molecule has 1 N–H and O–H groups in total. The van der Waals surface area contributed by atoms with Crippen LogP contribution < -0.4 is 0 Å². The lowest BCUT2D eigenvalue weighted by atomic mass is 10.0. The molecular formula is C12H24N2O2. The van der Waals surface area contributed by atoms with E-state index in [1.165, 1.54) is 25.9 Å². The van der Waals surface area contributed by atoms with Crippen molar-refractivity contribution in [2.75, 3.05) is 33.7 Å². The zero-order valence-electron chi connectivity index (χ0n) is 10.6. The second-order valence-corrected chi connectivity index (χ2v) is 5.13. The predicted molar refractivity (Wildman–Crippen MR) is 64.6 cm³/mol. The van der Waals surface area contributed by atoms with Crippen molar-refractivity contribution in [1.29, 1.82) is 0 Å². The van der Waals surface area contributed by atoms with E-state index in [0.29, 0.717) is 0 Å².